The number of hydrogen-bond acceptors (Lipinski definition) is 10. The van der Waals surface area contributed by atoms with Crippen molar-refractivity contribution < 1.29 is 18.1 Å². The number of H-pyrrole nitrogens is 1. The zero-order valence-corrected chi connectivity index (χ0v) is 22.1. The Morgan fingerprint density at radius 1 is 1.11 bits per heavy atom. The number of thioether (sulfide) groups is 1. The van der Waals surface area contributed by atoms with Crippen molar-refractivity contribution in [3.8, 4) is 0 Å². The molecular weight excluding hydrogens is 550 g/mol. The number of benzene rings is 2. The van der Waals surface area contributed by atoms with Crippen LogP contribution in [0.25, 0.3) is 0 Å². The number of carbonyl (C=O) groups is 1. The van der Waals surface area contributed by atoms with Crippen LogP contribution in [0.15, 0.2) is 85.9 Å². The number of aryl methyl sites for hydroxylation is 2. The van der Waals surface area contributed by atoms with Gasteiger partial charge in [0.2, 0.25) is 15.7 Å². The minimum absolute atomic E-state index is 0.0761. The van der Waals surface area contributed by atoms with Gasteiger partial charge in [-0.25, -0.2) is 18.4 Å². The first-order chi connectivity index (χ1) is 18.2. The Morgan fingerprint density at radius 3 is 2.55 bits per heavy atom. The van der Waals surface area contributed by atoms with E-state index in [4.69, 9.17) is 0 Å². The maximum Gasteiger partial charge on any atom is 0.269 e. The highest BCUT2D eigenvalue weighted by Crippen LogP contribution is 2.29. The maximum atomic E-state index is 12.8. The van der Waals surface area contributed by atoms with Gasteiger partial charge in [-0.1, -0.05) is 53.4 Å². The van der Waals surface area contributed by atoms with Crippen LogP contribution < -0.4 is 10.9 Å². The molecular formula is C24H21N5O6S3. The second-order valence-corrected chi connectivity index (χ2v) is 12.1. The molecule has 0 bridgehead atoms. The van der Waals surface area contributed by atoms with E-state index in [0.29, 0.717) is 17.3 Å². The highest BCUT2D eigenvalue weighted by atomic mass is 32.2. The third-order valence-electron chi connectivity index (χ3n) is 5.21. The van der Waals surface area contributed by atoms with Crippen LogP contribution in [0.5, 0.6) is 0 Å². The number of thiazole rings is 1. The average molecular weight is 572 g/mol. The lowest BCUT2D eigenvalue weighted by molar-refractivity contribution is -0.384. The lowest BCUT2D eigenvalue weighted by Crippen LogP contribution is -2.15. The molecule has 196 valence electrons. The molecule has 38 heavy (non-hydrogen) atoms. The lowest BCUT2D eigenvalue weighted by atomic mass is 10.1. The second-order valence-electron chi connectivity index (χ2n) is 7.96. The minimum Gasteiger partial charge on any atom is -0.301 e. The summed E-state index contributed by atoms with van der Waals surface area (Å²) >= 11 is 1.80. The SMILES string of the molecule is O=C(CSc1nc(CCCc2ccccc2)cc(=O)[nH]1)Nc1ncc(S(=O)(=O)c2ccc([N+](=O)[O-])cc2)s1. The van der Waals surface area contributed by atoms with Crippen LogP contribution in [0, 0.1) is 10.1 Å². The van der Waals surface area contributed by atoms with E-state index in [-0.39, 0.29) is 31.2 Å². The number of nitro benzene ring substituents is 1. The van der Waals surface area contributed by atoms with Crippen LogP contribution in [0.3, 0.4) is 0 Å². The van der Waals surface area contributed by atoms with Crippen molar-refractivity contribution in [2.24, 2.45) is 0 Å². The molecule has 0 spiro atoms. The molecule has 0 unspecified atom stereocenters. The predicted octanol–water partition coefficient (Wildman–Crippen LogP) is 3.87. The molecule has 11 nitrogen and oxygen atoms in total. The van der Waals surface area contributed by atoms with Crippen LogP contribution in [0.2, 0.25) is 0 Å². The Balaban J connectivity index is 1.32. The fourth-order valence-electron chi connectivity index (χ4n) is 3.39. The summed E-state index contributed by atoms with van der Waals surface area (Å²) in [5.74, 6) is -0.541. The molecule has 1 amide bonds. The molecule has 0 aliphatic carbocycles. The number of aromatic amines is 1. The normalized spacial score (nSPS) is 11.3. The minimum atomic E-state index is -3.96. The number of aromatic nitrogens is 3. The molecule has 2 N–H and O–H groups in total. The van der Waals surface area contributed by atoms with Crippen molar-refractivity contribution in [2.45, 2.75) is 33.5 Å². The van der Waals surface area contributed by atoms with Crippen LogP contribution in [-0.4, -0.2) is 40.0 Å². The number of amides is 1. The number of nitrogens with zero attached hydrogens (tertiary/aromatic N) is 3. The molecule has 0 atom stereocenters. The topological polar surface area (TPSA) is 165 Å². The summed E-state index contributed by atoms with van der Waals surface area (Å²) in [6.45, 7) is 0. The van der Waals surface area contributed by atoms with Crippen molar-refractivity contribution in [2.75, 3.05) is 11.1 Å². The number of sulfone groups is 1. The summed E-state index contributed by atoms with van der Waals surface area (Å²) < 4.78 is 25.5. The molecule has 2 heterocycles. The Morgan fingerprint density at radius 2 is 1.84 bits per heavy atom. The third kappa shape index (κ3) is 7.12. The van der Waals surface area contributed by atoms with E-state index in [1.165, 1.54) is 11.6 Å². The molecule has 0 aliphatic rings. The van der Waals surface area contributed by atoms with Crippen molar-refractivity contribution in [3.63, 3.8) is 0 Å². The van der Waals surface area contributed by atoms with Crippen molar-refractivity contribution in [1.82, 2.24) is 15.0 Å². The first-order valence-electron chi connectivity index (χ1n) is 11.2. The van der Waals surface area contributed by atoms with Gasteiger partial charge in [-0.15, -0.1) is 0 Å². The molecule has 4 aromatic rings. The fraction of sp³-hybridized carbons (Fsp3) is 0.167. The molecule has 2 aromatic heterocycles. The summed E-state index contributed by atoms with van der Waals surface area (Å²) in [4.78, 5) is 45.5. The highest BCUT2D eigenvalue weighted by molar-refractivity contribution is 7.99. The monoisotopic (exact) mass is 571 g/mol. The Kier molecular flexibility index (Phi) is 8.66. The molecule has 0 radical (unpaired) electrons. The smallest absolute Gasteiger partial charge is 0.269 e. The zero-order chi connectivity index (χ0) is 27.1. The van der Waals surface area contributed by atoms with Crippen LogP contribution in [0.4, 0.5) is 10.8 Å². The molecule has 0 saturated carbocycles. The second kappa shape index (κ2) is 12.1. The number of carbonyl (C=O) groups excluding carboxylic acids is 1. The quantitative estimate of drug-likeness (QED) is 0.118. The van der Waals surface area contributed by atoms with E-state index in [2.05, 4.69) is 20.3 Å². The van der Waals surface area contributed by atoms with E-state index in [1.54, 1.807) is 0 Å². The third-order valence-corrected chi connectivity index (χ3v) is 9.22. The standard InChI is InChI=1S/C24H21N5O6S3/c30-20-13-17(8-4-7-16-5-2-1-3-6-16)26-24(27-20)36-15-21(31)28-23-25-14-22(37-23)38(34,35)19-11-9-18(10-12-19)29(32)33/h1-3,5-6,9-14H,4,7-8,15H2,(H,25,28,31)(H,26,27,30). The zero-order valence-electron chi connectivity index (χ0n) is 19.7. The summed E-state index contributed by atoms with van der Waals surface area (Å²) in [5, 5.41) is 13.7. The Labute approximate surface area is 225 Å². The number of nitrogens with one attached hydrogen (secondary N) is 2. The maximum absolute atomic E-state index is 12.8. The van der Waals surface area contributed by atoms with E-state index in [9.17, 15) is 28.1 Å². The van der Waals surface area contributed by atoms with Gasteiger partial charge in [-0.05, 0) is 37.0 Å². The summed E-state index contributed by atoms with van der Waals surface area (Å²) in [5.41, 5.74) is 1.30. The molecule has 0 saturated heterocycles. The van der Waals surface area contributed by atoms with Gasteiger partial charge in [-0.2, -0.15) is 0 Å². The fourth-order valence-corrected chi connectivity index (χ4v) is 6.54. The van der Waals surface area contributed by atoms with E-state index >= 15 is 0 Å². The van der Waals surface area contributed by atoms with Gasteiger partial charge >= 0.3 is 0 Å². The van der Waals surface area contributed by atoms with Gasteiger partial charge in [0.05, 0.1) is 21.8 Å². The molecule has 0 aliphatic heterocycles. The van der Waals surface area contributed by atoms with Gasteiger partial charge in [0, 0.05) is 23.9 Å². The van der Waals surface area contributed by atoms with Gasteiger partial charge in [-0.3, -0.25) is 19.7 Å². The molecule has 14 heteroatoms. The van der Waals surface area contributed by atoms with E-state index in [1.807, 2.05) is 30.3 Å². The lowest BCUT2D eigenvalue weighted by Gasteiger charge is -2.05. The molecule has 0 fully saturated rings. The predicted molar refractivity (Wildman–Crippen MR) is 143 cm³/mol. The van der Waals surface area contributed by atoms with Crippen LogP contribution >= 0.6 is 23.1 Å². The van der Waals surface area contributed by atoms with Gasteiger partial charge < -0.3 is 10.3 Å². The number of nitro groups is 1. The molecule has 2 aromatic carbocycles. The number of non-ortho nitro benzene ring substituents is 1. The summed E-state index contributed by atoms with van der Waals surface area (Å²) in [6.07, 6.45) is 3.40. The van der Waals surface area contributed by atoms with Crippen molar-refractivity contribution in [3.05, 3.63) is 98.6 Å². The Hall–Kier alpha value is -3.88. The van der Waals surface area contributed by atoms with Crippen LogP contribution in [0.1, 0.15) is 17.7 Å². The first kappa shape index (κ1) is 27.2. The van der Waals surface area contributed by atoms with E-state index in [0.717, 1.165) is 66.4 Å². The Bertz CT molecular complexity index is 1600. The number of anilines is 1. The number of hydrogen-bond donors (Lipinski definition) is 2. The highest BCUT2D eigenvalue weighted by Gasteiger charge is 2.22. The van der Waals surface area contributed by atoms with Gasteiger partial charge in [0.25, 0.3) is 11.2 Å². The largest absolute Gasteiger partial charge is 0.301 e. The first-order valence-corrected chi connectivity index (χ1v) is 14.5. The number of rotatable bonds is 11. The van der Waals surface area contributed by atoms with Crippen molar-refractivity contribution >= 4 is 49.7 Å². The van der Waals surface area contributed by atoms with Gasteiger partial charge in [0.15, 0.2) is 10.3 Å². The van der Waals surface area contributed by atoms with Crippen molar-refractivity contribution in [1.29, 1.82) is 0 Å². The van der Waals surface area contributed by atoms with Gasteiger partial charge in [0.1, 0.15) is 4.21 Å². The average Bonchev–Trinajstić information content (AvgIpc) is 3.37. The summed E-state index contributed by atoms with van der Waals surface area (Å²) in [6, 6.07) is 15.9. The molecule has 4 rings (SSSR count). The van der Waals surface area contributed by atoms with E-state index < -0.39 is 20.7 Å². The van der Waals surface area contributed by atoms with Crippen LogP contribution in [-0.2, 0) is 27.5 Å². The summed E-state index contributed by atoms with van der Waals surface area (Å²) in [7, 11) is -3.96.